The lowest BCUT2D eigenvalue weighted by atomic mass is 10.2. The number of sulfonamides is 1. The molecule has 1 saturated heterocycles. The Morgan fingerprint density at radius 1 is 0.882 bits per heavy atom. The second-order valence-electron chi connectivity index (χ2n) is 10.2. The minimum absolute atomic E-state index is 0.0400. The van der Waals surface area contributed by atoms with Crippen LogP contribution in [0.25, 0.3) is 0 Å². The Bertz CT molecular complexity index is 2010. The van der Waals surface area contributed by atoms with Crippen LogP contribution in [-0.4, -0.2) is 69.1 Å². The molecule has 0 radical (unpaired) electrons. The van der Waals surface area contributed by atoms with Crippen LogP contribution in [0, 0.1) is 10.1 Å². The maximum Gasteiger partial charge on any atom is 0.417 e. The molecule has 0 saturated carbocycles. The second kappa shape index (κ2) is 16.1. The van der Waals surface area contributed by atoms with Gasteiger partial charge >= 0.3 is 18.4 Å². The molecule has 13 nitrogen and oxygen atoms in total. The van der Waals surface area contributed by atoms with Gasteiger partial charge in [0.1, 0.15) is 6.61 Å². The number of nitrogens with zero attached hydrogens (tertiary/aromatic N) is 3. The molecule has 51 heavy (non-hydrogen) atoms. The van der Waals surface area contributed by atoms with Crippen molar-refractivity contribution in [3.05, 3.63) is 106 Å². The maximum absolute atomic E-state index is 13.7. The van der Waals surface area contributed by atoms with Gasteiger partial charge in [0.05, 0.1) is 25.8 Å². The molecule has 0 aromatic heterocycles. The molecule has 0 aliphatic carbocycles. The number of hydrogen-bond acceptors (Lipinski definition) is 9. The average Bonchev–Trinajstić information content (AvgIpc) is 3.06. The van der Waals surface area contributed by atoms with Crippen LogP contribution in [0.1, 0.15) is 16.7 Å². The number of anilines is 1. The molecule has 4 rings (SSSR count). The van der Waals surface area contributed by atoms with Crippen LogP contribution in [0.5, 0.6) is 0 Å². The van der Waals surface area contributed by atoms with E-state index in [4.69, 9.17) is 15.4 Å². The molecule has 1 aliphatic rings. The normalized spacial score (nSPS) is 14.1. The topological polar surface area (TPSA) is 173 Å². The number of rotatable bonds is 8. The van der Waals surface area contributed by atoms with Crippen molar-refractivity contribution in [2.24, 2.45) is 0 Å². The highest BCUT2D eigenvalue weighted by Crippen LogP contribution is 2.38. The van der Waals surface area contributed by atoms with Crippen molar-refractivity contribution in [3.63, 3.8) is 0 Å². The number of halogens is 7. The van der Waals surface area contributed by atoms with Crippen LogP contribution in [0.15, 0.2) is 89.2 Å². The van der Waals surface area contributed by atoms with E-state index >= 15 is 0 Å². The van der Waals surface area contributed by atoms with Crippen molar-refractivity contribution >= 4 is 53.1 Å². The van der Waals surface area contributed by atoms with E-state index in [2.05, 4.69) is 11.9 Å². The first-order valence-corrected chi connectivity index (χ1v) is 17.7. The highest BCUT2D eigenvalue weighted by molar-refractivity contribution is 8.13. The molecule has 22 heteroatoms. The van der Waals surface area contributed by atoms with Gasteiger partial charge < -0.3 is 15.0 Å². The first-order chi connectivity index (χ1) is 23.5. The number of alkyl halides is 6. The molecule has 3 aromatic carbocycles. The van der Waals surface area contributed by atoms with Crippen molar-refractivity contribution < 1.29 is 62.4 Å². The van der Waals surface area contributed by atoms with Gasteiger partial charge in [-0.3, -0.25) is 14.9 Å². The van der Waals surface area contributed by atoms with Gasteiger partial charge in [0.15, 0.2) is 0 Å². The number of nitrogens with one attached hydrogen (secondary N) is 1. The molecule has 1 N–H and O–H groups in total. The van der Waals surface area contributed by atoms with Gasteiger partial charge in [-0.15, -0.1) is 0 Å². The summed E-state index contributed by atoms with van der Waals surface area (Å²) in [4.78, 5) is 32.1. The number of piperazine rings is 1. The van der Waals surface area contributed by atoms with Crippen molar-refractivity contribution in [2.45, 2.75) is 28.8 Å². The lowest BCUT2D eigenvalue weighted by molar-refractivity contribution is -0.385. The Morgan fingerprint density at radius 2 is 1.43 bits per heavy atom. The molecule has 0 unspecified atom stereocenters. The highest BCUT2D eigenvalue weighted by atomic mass is 35.7. The summed E-state index contributed by atoms with van der Waals surface area (Å²) in [6.07, 6.45) is -9.80. The lowest BCUT2D eigenvalue weighted by Crippen LogP contribution is -2.50. The Kier molecular flexibility index (Phi) is 12.8. The summed E-state index contributed by atoms with van der Waals surface area (Å²) in [6.45, 7) is 2.78. The Hall–Kier alpha value is -4.73. The predicted molar refractivity (Wildman–Crippen MR) is 168 cm³/mol. The van der Waals surface area contributed by atoms with Gasteiger partial charge in [-0.2, -0.15) is 30.6 Å². The fraction of sp³-hybridized carbons (Fsp3) is 0.241. The maximum atomic E-state index is 13.7. The van der Waals surface area contributed by atoms with Gasteiger partial charge in [-0.05, 0) is 35.9 Å². The van der Waals surface area contributed by atoms with E-state index in [0.717, 1.165) is 28.1 Å². The van der Waals surface area contributed by atoms with Crippen LogP contribution in [-0.2, 0) is 47.6 Å². The summed E-state index contributed by atoms with van der Waals surface area (Å²) in [6, 6.07) is 12.6. The molecule has 2 amide bonds. The second-order valence-corrected chi connectivity index (χ2v) is 14.6. The number of amides is 2. The third-order valence-electron chi connectivity index (χ3n) is 6.80. The van der Waals surface area contributed by atoms with E-state index in [1.54, 1.807) is 24.3 Å². The number of nitro groups is 1. The minimum Gasteiger partial charge on any atom is -0.445 e. The number of benzene rings is 3. The summed E-state index contributed by atoms with van der Waals surface area (Å²) in [5.41, 5.74) is -3.38. The molecule has 1 heterocycles. The van der Waals surface area contributed by atoms with Crippen molar-refractivity contribution in [2.75, 3.05) is 31.5 Å². The summed E-state index contributed by atoms with van der Waals surface area (Å²) >= 11 is 0. The average molecular weight is 787 g/mol. The number of ether oxygens (including phenoxy) is 1. The molecular weight excluding hydrogens is 762 g/mol. The van der Waals surface area contributed by atoms with Crippen LogP contribution in [0.2, 0.25) is 0 Å². The zero-order valence-electron chi connectivity index (χ0n) is 25.6. The summed E-state index contributed by atoms with van der Waals surface area (Å²) in [5, 5.41) is 12.5. The van der Waals surface area contributed by atoms with E-state index in [0.29, 0.717) is 18.2 Å². The zero-order chi connectivity index (χ0) is 38.4. The van der Waals surface area contributed by atoms with Crippen molar-refractivity contribution in [1.29, 1.82) is 0 Å². The highest BCUT2D eigenvalue weighted by Gasteiger charge is 2.41. The Morgan fingerprint density at radius 3 is 1.94 bits per heavy atom. The predicted octanol–water partition coefficient (Wildman–Crippen LogP) is 6.01. The van der Waals surface area contributed by atoms with Gasteiger partial charge in [0.2, 0.25) is 15.9 Å². The van der Waals surface area contributed by atoms with Crippen LogP contribution < -0.4 is 5.32 Å². The fourth-order valence-corrected chi connectivity index (χ4v) is 7.06. The summed E-state index contributed by atoms with van der Waals surface area (Å²) in [7, 11) is -4.35. The van der Waals surface area contributed by atoms with Crippen LogP contribution >= 0.6 is 10.7 Å². The number of nitro benzene ring substituents is 1. The van der Waals surface area contributed by atoms with E-state index in [1.165, 1.54) is 4.90 Å². The largest absolute Gasteiger partial charge is 0.445 e. The molecule has 0 atom stereocenters. The first kappa shape index (κ1) is 40.7. The van der Waals surface area contributed by atoms with Gasteiger partial charge in [-0.25, -0.2) is 21.6 Å². The van der Waals surface area contributed by atoms with E-state index in [-0.39, 0.29) is 44.5 Å². The SMILES string of the molecule is C=CC(=O)Nc1ccc(S(=O)(=O)N2CCN(C(=O)OCc3ccccc3)CC2)c(C(F)(F)F)c1.O=[N+]([O-])c1ccc(S(=O)(=O)Cl)c(C(F)(F)F)c1. The Balaban J connectivity index is 0.000000347. The fourth-order valence-electron chi connectivity index (χ4n) is 4.37. The summed E-state index contributed by atoms with van der Waals surface area (Å²) < 4.78 is 132. The smallest absolute Gasteiger partial charge is 0.417 e. The van der Waals surface area contributed by atoms with E-state index < -0.39 is 75.0 Å². The quantitative estimate of drug-likeness (QED) is 0.0943. The standard InChI is InChI=1S/C22H22F3N3O5S.C7H3ClF3NO4S/c1-2-20(29)26-17-8-9-19(18(14-17)22(23,24)25)34(31,32)28-12-10-27(11-13-28)21(30)33-15-16-6-4-3-5-7-16;8-17(15,16)6-2-1-4(12(13)14)3-5(6)7(9,10)11/h2-9,14H,1,10-13,15H2,(H,26,29);1-3H. The van der Waals surface area contributed by atoms with E-state index in [9.17, 15) is 62.9 Å². The van der Waals surface area contributed by atoms with Gasteiger partial charge in [0.25, 0.3) is 14.7 Å². The number of hydrogen-bond donors (Lipinski definition) is 1. The van der Waals surface area contributed by atoms with Crippen LogP contribution in [0.4, 0.5) is 42.5 Å². The molecule has 1 aliphatic heterocycles. The van der Waals surface area contributed by atoms with E-state index in [1.807, 2.05) is 6.07 Å². The number of carbonyl (C=O) groups is 2. The molecule has 276 valence electrons. The molecule has 0 spiro atoms. The molecule has 0 bridgehead atoms. The third kappa shape index (κ3) is 10.9. The monoisotopic (exact) mass is 786 g/mol. The molecular formula is C29H25ClF6N4O9S2. The summed E-state index contributed by atoms with van der Waals surface area (Å²) in [5.74, 6) is -0.737. The zero-order valence-corrected chi connectivity index (χ0v) is 28.0. The van der Waals surface area contributed by atoms with Gasteiger partial charge in [0, 0.05) is 54.7 Å². The first-order valence-electron chi connectivity index (χ1n) is 14.0. The molecule has 1 fully saturated rings. The van der Waals surface area contributed by atoms with Gasteiger partial charge in [-0.1, -0.05) is 36.9 Å². The molecule has 3 aromatic rings. The lowest BCUT2D eigenvalue weighted by Gasteiger charge is -2.33. The third-order valence-corrected chi connectivity index (χ3v) is 10.1. The van der Waals surface area contributed by atoms with Crippen LogP contribution in [0.3, 0.4) is 0 Å². The van der Waals surface area contributed by atoms with Crippen molar-refractivity contribution in [1.82, 2.24) is 9.21 Å². The Labute approximate surface area is 290 Å². The number of carbonyl (C=O) groups excluding carboxylic acids is 2. The minimum atomic E-state index is -5.05. The number of non-ortho nitro benzene ring substituents is 1. The van der Waals surface area contributed by atoms with Crippen molar-refractivity contribution in [3.8, 4) is 0 Å².